The van der Waals surface area contributed by atoms with E-state index >= 15 is 0 Å². The van der Waals surface area contributed by atoms with Crippen molar-refractivity contribution in [1.29, 1.82) is 0 Å². The molecule has 0 saturated carbocycles. The summed E-state index contributed by atoms with van der Waals surface area (Å²) in [6, 6.07) is 8.77. The van der Waals surface area contributed by atoms with Crippen LogP contribution in [0.1, 0.15) is 33.1 Å². The average Bonchev–Trinajstić information content (AvgIpc) is 2.38. The van der Waals surface area contributed by atoms with Gasteiger partial charge in [0.25, 0.3) is 0 Å². The Bertz CT molecular complexity index is 335. The van der Waals surface area contributed by atoms with E-state index in [1.807, 2.05) is 26.2 Å². The van der Waals surface area contributed by atoms with Crippen molar-refractivity contribution < 1.29 is 4.74 Å². The van der Waals surface area contributed by atoms with E-state index in [-0.39, 0.29) is 0 Å². The molecule has 1 unspecified atom stereocenters. The summed E-state index contributed by atoms with van der Waals surface area (Å²) in [7, 11) is 4.10. The molecule has 0 aromatic heterocycles. The van der Waals surface area contributed by atoms with E-state index in [1.165, 1.54) is 24.9 Å². The van der Waals surface area contributed by atoms with Crippen LogP contribution in [0.5, 0.6) is 5.75 Å². The Morgan fingerprint density at radius 3 is 2.47 bits per heavy atom. The maximum Gasteiger partial charge on any atom is 0.119 e. The van der Waals surface area contributed by atoms with Crippen LogP contribution in [-0.4, -0.2) is 38.2 Å². The SMILES string of the molecule is CCCCC(C)Nc1ccc(OCCN(C)C)cc1. The molecule has 3 heteroatoms. The van der Waals surface area contributed by atoms with E-state index in [1.54, 1.807) is 0 Å². The summed E-state index contributed by atoms with van der Waals surface area (Å²) in [6.45, 7) is 6.13. The summed E-state index contributed by atoms with van der Waals surface area (Å²) in [4.78, 5) is 2.12. The molecule has 1 rings (SSSR count). The minimum atomic E-state index is 0.528. The van der Waals surface area contributed by atoms with Crippen LogP contribution >= 0.6 is 0 Å². The zero-order valence-corrected chi connectivity index (χ0v) is 12.8. The van der Waals surface area contributed by atoms with Gasteiger partial charge in [-0.1, -0.05) is 19.8 Å². The van der Waals surface area contributed by atoms with Gasteiger partial charge in [-0.3, -0.25) is 0 Å². The first kappa shape index (κ1) is 15.8. The Kier molecular flexibility index (Phi) is 7.34. The Balaban J connectivity index is 2.34. The van der Waals surface area contributed by atoms with Crippen LogP contribution in [0.4, 0.5) is 5.69 Å². The lowest BCUT2D eigenvalue weighted by Gasteiger charge is -2.15. The van der Waals surface area contributed by atoms with Gasteiger partial charge in [0.05, 0.1) is 0 Å². The molecule has 0 amide bonds. The second-order valence-electron chi connectivity index (χ2n) is 5.36. The van der Waals surface area contributed by atoms with Crippen molar-refractivity contribution in [3.63, 3.8) is 0 Å². The molecular formula is C16H28N2O. The molecule has 0 bridgehead atoms. The van der Waals surface area contributed by atoms with Crippen LogP contribution in [0.3, 0.4) is 0 Å². The van der Waals surface area contributed by atoms with Gasteiger partial charge in [0.2, 0.25) is 0 Å². The molecule has 0 saturated heterocycles. The van der Waals surface area contributed by atoms with Crippen molar-refractivity contribution in [1.82, 2.24) is 4.90 Å². The van der Waals surface area contributed by atoms with E-state index in [2.05, 4.69) is 36.2 Å². The molecular weight excluding hydrogens is 236 g/mol. The van der Waals surface area contributed by atoms with Gasteiger partial charge in [-0.15, -0.1) is 0 Å². The Morgan fingerprint density at radius 1 is 1.21 bits per heavy atom. The van der Waals surface area contributed by atoms with Crippen LogP contribution in [-0.2, 0) is 0 Å². The van der Waals surface area contributed by atoms with Gasteiger partial charge in [-0.25, -0.2) is 0 Å². The first-order chi connectivity index (χ1) is 9.11. The first-order valence-corrected chi connectivity index (χ1v) is 7.26. The summed E-state index contributed by atoms with van der Waals surface area (Å²) < 4.78 is 5.67. The third-order valence-corrected chi connectivity index (χ3v) is 3.07. The number of rotatable bonds is 9. The lowest BCUT2D eigenvalue weighted by atomic mass is 10.1. The zero-order chi connectivity index (χ0) is 14.1. The first-order valence-electron chi connectivity index (χ1n) is 7.26. The van der Waals surface area contributed by atoms with Crippen molar-refractivity contribution in [2.45, 2.75) is 39.2 Å². The molecule has 0 fully saturated rings. The maximum atomic E-state index is 5.67. The van der Waals surface area contributed by atoms with Crippen molar-refractivity contribution >= 4 is 5.69 Å². The normalized spacial score (nSPS) is 12.5. The molecule has 1 aromatic rings. The third kappa shape index (κ3) is 7.06. The molecule has 0 aliphatic heterocycles. The highest BCUT2D eigenvalue weighted by molar-refractivity contribution is 5.46. The molecule has 1 aromatic carbocycles. The number of nitrogens with one attached hydrogen (secondary N) is 1. The van der Waals surface area contributed by atoms with Crippen molar-refractivity contribution in [2.24, 2.45) is 0 Å². The van der Waals surface area contributed by atoms with E-state index in [9.17, 15) is 0 Å². The molecule has 1 atom stereocenters. The Morgan fingerprint density at radius 2 is 1.89 bits per heavy atom. The molecule has 1 N–H and O–H groups in total. The number of anilines is 1. The van der Waals surface area contributed by atoms with Gasteiger partial charge in [0, 0.05) is 18.3 Å². The highest BCUT2D eigenvalue weighted by atomic mass is 16.5. The molecule has 3 nitrogen and oxygen atoms in total. The fourth-order valence-corrected chi connectivity index (χ4v) is 1.86. The zero-order valence-electron chi connectivity index (χ0n) is 12.8. The fourth-order valence-electron chi connectivity index (χ4n) is 1.86. The smallest absolute Gasteiger partial charge is 0.119 e. The van der Waals surface area contributed by atoms with Crippen LogP contribution < -0.4 is 10.1 Å². The van der Waals surface area contributed by atoms with Gasteiger partial charge in [-0.2, -0.15) is 0 Å². The lowest BCUT2D eigenvalue weighted by molar-refractivity contribution is 0.261. The summed E-state index contributed by atoms with van der Waals surface area (Å²) in [6.07, 6.45) is 3.75. The summed E-state index contributed by atoms with van der Waals surface area (Å²) in [5.41, 5.74) is 1.17. The molecule has 0 radical (unpaired) electrons. The fraction of sp³-hybridized carbons (Fsp3) is 0.625. The van der Waals surface area contributed by atoms with Gasteiger partial charge >= 0.3 is 0 Å². The van der Waals surface area contributed by atoms with Gasteiger partial charge < -0.3 is 15.0 Å². The molecule has 0 aliphatic carbocycles. The number of hydrogen-bond donors (Lipinski definition) is 1. The lowest BCUT2D eigenvalue weighted by Crippen LogP contribution is -2.19. The van der Waals surface area contributed by atoms with Crippen molar-refractivity contribution in [3.8, 4) is 5.75 Å². The second kappa shape index (κ2) is 8.81. The topological polar surface area (TPSA) is 24.5 Å². The number of nitrogens with zero attached hydrogens (tertiary/aromatic N) is 1. The molecule has 108 valence electrons. The minimum Gasteiger partial charge on any atom is -0.492 e. The summed E-state index contributed by atoms with van der Waals surface area (Å²) in [5, 5.41) is 3.51. The monoisotopic (exact) mass is 264 g/mol. The molecule has 19 heavy (non-hydrogen) atoms. The van der Waals surface area contributed by atoms with Crippen molar-refractivity contribution in [2.75, 3.05) is 32.6 Å². The second-order valence-corrected chi connectivity index (χ2v) is 5.36. The number of likely N-dealkylation sites (N-methyl/N-ethyl adjacent to an activating group) is 1. The van der Waals surface area contributed by atoms with E-state index < -0.39 is 0 Å². The standard InChI is InChI=1S/C16H28N2O/c1-5-6-7-14(2)17-15-8-10-16(11-9-15)19-13-12-18(3)4/h8-11,14,17H,5-7,12-13H2,1-4H3. The van der Waals surface area contributed by atoms with E-state index in [4.69, 9.17) is 4.74 Å². The molecule has 0 spiro atoms. The minimum absolute atomic E-state index is 0.528. The highest BCUT2D eigenvalue weighted by Crippen LogP contribution is 2.17. The van der Waals surface area contributed by atoms with Crippen LogP contribution in [0.15, 0.2) is 24.3 Å². The van der Waals surface area contributed by atoms with Gasteiger partial charge in [-0.05, 0) is 51.7 Å². The van der Waals surface area contributed by atoms with E-state index in [0.29, 0.717) is 6.04 Å². The van der Waals surface area contributed by atoms with Gasteiger partial charge in [0.1, 0.15) is 12.4 Å². The Hall–Kier alpha value is -1.22. The predicted molar refractivity (Wildman–Crippen MR) is 83.1 cm³/mol. The average molecular weight is 264 g/mol. The number of ether oxygens (including phenoxy) is 1. The maximum absolute atomic E-state index is 5.67. The van der Waals surface area contributed by atoms with Crippen LogP contribution in [0.25, 0.3) is 0 Å². The van der Waals surface area contributed by atoms with E-state index in [0.717, 1.165) is 18.9 Å². The number of hydrogen-bond acceptors (Lipinski definition) is 3. The molecule has 0 heterocycles. The van der Waals surface area contributed by atoms with Crippen LogP contribution in [0, 0.1) is 0 Å². The third-order valence-electron chi connectivity index (χ3n) is 3.07. The number of benzene rings is 1. The molecule has 0 aliphatic rings. The predicted octanol–water partition coefficient (Wildman–Crippen LogP) is 3.62. The van der Waals surface area contributed by atoms with Crippen molar-refractivity contribution in [3.05, 3.63) is 24.3 Å². The summed E-state index contributed by atoms with van der Waals surface area (Å²) in [5.74, 6) is 0.939. The Labute approximate surface area is 118 Å². The summed E-state index contributed by atoms with van der Waals surface area (Å²) >= 11 is 0. The van der Waals surface area contributed by atoms with Crippen LogP contribution in [0.2, 0.25) is 0 Å². The number of unbranched alkanes of at least 4 members (excludes halogenated alkanes) is 1. The largest absolute Gasteiger partial charge is 0.492 e. The quantitative estimate of drug-likeness (QED) is 0.737. The van der Waals surface area contributed by atoms with Gasteiger partial charge in [0.15, 0.2) is 0 Å². The highest BCUT2D eigenvalue weighted by Gasteiger charge is 2.01.